The monoisotopic (exact) mass is 440 g/mol. The number of hydrogen-bond donors (Lipinski definition) is 2. The number of amides is 1. The van der Waals surface area contributed by atoms with Crippen LogP contribution >= 0.6 is 24.0 Å². The number of carbonyl (C=O) groups is 1. The summed E-state index contributed by atoms with van der Waals surface area (Å²) in [5, 5.41) is 6.66. The van der Waals surface area contributed by atoms with Crippen LogP contribution in [0.4, 0.5) is 0 Å². The second-order valence-corrected chi connectivity index (χ2v) is 6.18. The molecule has 7 heteroatoms. The highest BCUT2D eigenvalue weighted by Gasteiger charge is 2.41. The van der Waals surface area contributed by atoms with Crippen LogP contribution in [0.15, 0.2) is 4.99 Å². The van der Waals surface area contributed by atoms with Gasteiger partial charge in [0.25, 0.3) is 0 Å². The number of rotatable bonds is 10. The lowest BCUT2D eigenvalue weighted by molar-refractivity contribution is -0.127. The minimum Gasteiger partial charge on any atom is -0.382 e. The first kappa shape index (κ1) is 22.4. The van der Waals surface area contributed by atoms with Gasteiger partial charge < -0.3 is 20.3 Å². The van der Waals surface area contributed by atoms with Crippen LogP contribution in [0.25, 0.3) is 0 Å². The molecule has 23 heavy (non-hydrogen) atoms. The third-order valence-electron chi connectivity index (χ3n) is 3.98. The quantitative estimate of drug-likeness (QED) is 0.236. The molecule has 0 aromatic carbocycles. The average Bonchev–Trinajstić information content (AvgIpc) is 3.26. The van der Waals surface area contributed by atoms with Crippen LogP contribution in [0.3, 0.4) is 0 Å². The molecule has 0 unspecified atom stereocenters. The Morgan fingerprint density at radius 1 is 1.26 bits per heavy atom. The third kappa shape index (κ3) is 9.34. The van der Waals surface area contributed by atoms with E-state index in [9.17, 15) is 4.79 Å². The lowest BCUT2D eigenvalue weighted by Gasteiger charge is -2.19. The smallest absolute Gasteiger partial charge is 0.243 e. The first-order valence-electron chi connectivity index (χ1n) is 8.33. The Hall–Kier alpha value is -0.570. The van der Waals surface area contributed by atoms with Gasteiger partial charge in [-0.15, -0.1) is 24.0 Å². The van der Waals surface area contributed by atoms with Gasteiger partial charge in [0.05, 0.1) is 0 Å². The summed E-state index contributed by atoms with van der Waals surface area (Å²) in [6.07, 6.45) is 4.60. The van der Waals surface area contributed by atoms with Crippen molar-refractivity contribution in [3.8, 4) is 0 Å². The molecule has 1 rings (SSSR count). The number of likely N-dealkylation sites (N-methyl/N-ethyl adjacent to an activating group) is 1. The van der Waals surface area contributed by atoms with Gasteiger partial charge in [0.2, 0.25) is 5.91 Å². The van der Waals surface area contributed by atoms with Gasteiger partial charge in [0.15, 0.2) is 5.96 Å². The van der Waals surface area contributed by atoms with Crippen molar-refractivity contribution >= 4 is 35.8 Å². The van der Waals surface area contributed by atoms with E-state index in [-0.39, 0.29) is 36.4 Å². The Morgan fingerprint density at radius 3 is 2.48 bits per heavy atom. The molecule has 2 N–H and O–H groups in total. The number of guanidine groups is 1. The molecule has 1 saturated carbocycles. The number of aliphatic imine (C=N–C) groups is 1. The SMILES string of the molecule is CCCNC(=NCC(=O)N(C)C)NCC1(CCOCC)CC1.I. The maximum absolute atomic E-state index is 11.7. The van der Waals surface area contributed by atoms with E-state index in [0.717, 1.165) is 45.1 Å². The molecule has 0 spiro atoms. The van der Waals surface area contributed by atoms with E-state index in [1.165, 1.54) is 12.8 Å². The molecule has 1 aliphatic carbocycles. The van der Waals surface area contributed by atoms with Crippen molar-refractivity contribution in [2.24, 2.45) is 10.4 Å². The van der Waals surface area contributed by atoms with Crippen LogP contribution in [0.1, 0.15) is 39.5 Å². The van der Waals surface area contributed by atoms with Crippen molar-refractivity contribution < 1.29 is 9.53 Å². The van der Waals surface area contributed by atoms with E-state index in [0.29, 0.717) is 5.41 Å². The van der Waals surface area contributed by atoms with Crippen LogP contribution in [0.5, 0.6) is 0 Å². The van der Waals surface area contributed by atoms with E-state index >= 15 is 0 Å². The number of nitrogens with one attached hydrogen (secondary N) is 2. The molecule has 1 fully saturated rings. The summed E-state index contributed by atoms with van der Waals surface area (Å²) in [7, 11) is 3.49. The predicted octanol–water partition coefficient (Wildman–Crippen LogP) is 1.84. The summed E-state index contributed by atoms with van der Waals surface area (Å²) >= 11 is 0. The van der Waals surface area contributed by atoms with Crippen molar-refractivity contribution in [1.29, 1.82) is 0 Å². The number of nitrogens with zero attached hydrogens (tertiary/aromatic N) is 2. The van der Waals surface area contributed by atoms with Crippen LogP contribution in [-0.2, 0) is 9.53 Å². The molecule has 0 aliphatic heterocycles. The Bertz CT molecular complexity index is 371. The van der Waals surface area contributed by atoms with Gasteiger partial charge in [0.1, 0.15) is 6.54 Å². The molecule has 1 aliphatic rings. The maximum Gasteiger partial charge on any atom is 0.243 e. The first-order chi connectivity index (χ1) is 10.5. The van der Waals surface area contributed by atoms with Gasteiger partial charge in [-0.05, 0) is 38.0 Å². The number of halogens is 1. The van der Waals surface area contributed by atoms with Gasteiger partial charge in [-0.25, -0.2) is 4.99 Å². The van der Waals surface area contributed by atoms with Crippen LogP contribution < -0.4 is 10.6 Å². The average molecular weight is 440 g/mol. The molecule has 0 saturated heterocycles. The van der Waals surface area contributed by atoms with Gasteiger partial charge in [-0.3, -0.25) is 4.79 Å². The summed E-state index contributed by atoms with van der Waals surface area (Å²) in [5.74, 6) is 0.745. The maximum atomic E-state index is 11.7. The molecule has 0 radical (unpaired) electrons. The first-order valence-corrected chi connectivity index (χ1v) is 8.33. The fraction of sp³-hybridized carbons (Fsp3) is 0.875. The Labute approximate surface area is 157 Å². The molecule has 1 amide bonds. The van der Waals surface area contributed by atoms with Crippen molar-refractivity contribution in [2.75, 3.05) is 46.9 Å². The zero-order chi connectivity index (χ0) is 16.4. The second-order valence-electron chi connectivity index (χ2n) is 6.18. The van der Waals surface area contributed by atoms with Gasteiger partial charge in [0, 0.05) is 40.4 Å². The molecular weight excluding hydrogens is 407 g/mol. The highest BCUT2D eigenvalue weighted by Crippen LogP contribution is 2.48. The Kier molecular flexibility index (Phi) is 11.6. The Morgan fingerprint density at radius 2 is 1.96 bits per heavy atom. The van der Waals surface area contributed by atoms with E-state index in [4.69, 9.17) is 4.74 Å². The van der Waals surface area contributed by atoms with Crippen molar-refractivity contribution in [2.45, 2.75) is 39.5 Å². The fourth-order valence-corrected chi connectivity index (χ4v) is 2.10. The number of ether oxygens (including phenoxy) is 1. The van der Waals surface area contributed by atoms with Crippen LogP contribution in [0.2, 0.25) is 0 Å². The van der Waals surface area contributed by atoms with Gasteiger partial charge in [-0.1, -0.05) is 6.92 Å². The van der Waals surface area contributed by atoms with Gasteiger partial charge in [-0.2, -0.15) is 0 Å². The Balaban J connectivity index is 0.00000484. The normalized spacial score (nSPS) is 15.6. The fourth-order valence-electron chi connectivity index (χ4n) is 2.10. The standard InChI is InChI=1S/C16H32N4O2.HI/c1-5-10-17-15(18-12-14(21)20(3)4)19-13-16(7-8-16)9-11-22-6-2;/h5-13H2,1-4H3,(H2,17,18,19);1H. The van der Waals surface area contributed by atoms with E-state index in [2.05, 4.69) is 22.5 Å². The minimum absolute atomic E-state index is 0. The summed E-state index contributed by atoms with van der Waals surface area (Å²) in [6.45, 7) is 7.67. The molecular formula is C16H33IN4O2. The molecule has 6 nitrogen and oxygen atoms in total. The van der Waals surface area contributed by atoms with Crippen LogP contribution in [0, 0.1) is 5.41 Å². The largest absolute Gasteiger partial charge is 0.382 e. The van der Waals surface area contributed by atoms with E-state index < -0.39 is 0 Å². The summed E-state index contributed by atoms with van der Waals surface area (Å²) in [6, 6.07) is 0. The molecule has 0 aromatic heterocycles. The lowest BCUT2D eigenvalue weighted by atomic mass is 10.0. The molecule has 136 valence electrons. The van der Waals surface area contributed by atoms with E-state index in [1.54, 1.807) is 19.0 Å². The zero-order valence-corrected chi connectivity index (χ0v) is 17.3. The van der Waals surface area contributed by atoms with E-state index in [1.807, 2.05) is 6.92 Å². The minimum atomic E-state index is 0. The highest BCUT2D eigenvalue weighted by molar-refractivity contribution is 14.0. The second kappa shape index (κ2) is 11.9. The number of hydrogen-bond acceptors (Lipinski definition) is 3. The zero-order valence-electron chi connectivity index (χ0n) is 15.0. The number of carbonyl (C=O) groups excluding carboxylic acids is 1. The van der Waals surface area contributed by atoms with Crippen molar-refractivity contribution in [3.63, 3.8) is 0 Å². The molecule has 0 heterocycles. The third-order valence-corrected chi connectivity index (χ3v) is 3.98. The lowest BCUT2D eigenvalue weighted by Crippen LogP contribution is -2.41. The topological polar surface area (TPSA) is 66.0 Å². The summed E-state index contributed by atoms with van der Waals surface area (Å²) < 4.78 is 5.46. The van der Waals surface area contributed by atoms with Gasteiger partial charge >= 0.3 is 0 Å². The summed E-state index contributed by atoms with van der Waals surface area (Å²) in [5.41, 5.74) is 0.357. The predicted molar refractivity (Wildman–Crippen MR) is 105 cm³/mol. The van der Waals surface area contributed by atoms with Crippen molar-refractivity contribution in [3.05, 3.63) is 0 Å². The molecule has 0 atom stereocenters. The molecule has 0 aromatic rings. The summed E-state index contributed by atoms with van der Waals surface area (Å²) in [4.78, 5) is 17.6. The highest BCUT2D eigenvalue weighted by atomic mass is 127. The van der Waals surface area contributed by atoms with Crippen LogP contribution in [-0.4, -0.2) is 63.7 Å². The van der Waals surface area contributed by atoms with Crippen molar-refractivity contribution in [1.82, 2.24) is 15.5 Å². The molecule has 0 bridgehead atoms.